The maximum atomic E-state index is 13.5. The van der Waals surface area contributed by atoms with Gasteiger partial charge in [-0.1, -0.05) is 60.2 Å². The van der Waals surface area contributed by atoms with E-state index in [9.17, 15) is 19.2 Å². The Morgan fingerprint density at radius 2 is 1.57 bits per heavy atom. The van der Waals surface area contributed by atoms with Crippen LogP contribution in [-0.4, -0.2) is 41.7 Å². The summed E-state index contributed by atoms with van der Waals surface area (Å²) in [4.78, 5) is 54.1. The average molecular weight is 471 g/mol. The van der Waals surface area contributed by atoms with E-state index in [1.807, 2.05) is 61.5 Å². The molecule has 7 nitrogen and oxygen atoms in total. The van der Waals surface area contributed by atoms with Gasteiger partial charge in [0.2, 0.25) is 11.8 Å². The van der Waals surface area contributed by atoms with E-state index in [-0.39, 0.29) is 25.3 Å². The average Bonchev–Trinajstić information content (AvgIpc) is 3.17. The topological polar surface area (TPSA) is 84.0 Å². The van der Waals surface area contributed by atoms with Crippen molar-refractivity contribution in [1.82, 2.24) is 4.90 Å². The third-order valence-electron chi connectivity index (χ3n) is 6.04. The molecule has 0 bridgehead atoms. The van der Waals surface area contributed by atoms with Crippen LogP contribution in [0.3, 0.4) is 0 Å². The highest BCUT2D eigenvalue weighted by atomic mass is 16.5. The van der Waals surface area contributed by atoms with Gasteiger partial charge < -0.3 is 9.64 Å². The summed E-state index contributed by atoms with van der Waals surface area (Å²) >= 11 is 0. The number of imide groups is 1. The minimum Gasteiger partial charge on any atom is -0.465 e. The molecule has 1 saturated heterocycles. The van der Waals surface area contributed by atoms with Gasteiger partial charge >= 0.3 is 5.97 Å². The molecule has 1 aliphatic rings. The number of anilines is 1. The van der Waals surface area contributed by atoms with E-state index in [1.165, 1.54) is 36.3 Å². The lowest BCUT2D eigenvalue weighted by Crippen LogP contribution is -2.45. The van der Waals surface area contributed by atoms with Crippen LogP contribution in [0.1, 0.15) is 33.5 Å². The number of rotatable bonds is 7. The molecule has 3 amide bonds. The maximum absolute atomic E-state index is 13.5. The lowest BCUT2D eigenvalue weighted by atomic mass is 10.1. The van der Waals surface area contributed by atoms with Gasteiger partial charge in [-0.05, 0) is 42.3 Å². The van der Waals surface area contributed by atoms with Crippen molar-refractivity contribution in [3.05, 3.63) is 101 Å². The smallest absolute Gasteiger partial charge is 0.337 e. The maximum Gasteiger partial charge on any atom is 0.337 e. The van der Waals surface area contributed by atoms with Crippen molar-refractivity contribution in [2.24, 2.45) is 0 Å². The number of aryl methyl sites for hydroxylation is 1. The van der Waals surface area contributed by atoms with Gasteiger partial charge in [-0.2, -0.15) is 0 Å². The third-order valence-corrected chi connectivity index (χ3v) is 6.04. The predicted molar refractivity (Wildman–Crippen MR) is 131 cm³/mol. The fourth-order valence-electron chi connectivity index (χ4n) is 4.13. The van der Waals surface area contributed by atoms with Crippen LogP contribution in [0.4, 0.5) is 5.69 Å². The molecule has 1 atom stereocenters. The first kappa shape index (κ1) is 23.9. The summed E-state index contributed by atoms with van der Waals surface area (Å²) in [5, 5.41) is 0. The monoisotopic (exact) mass is 470 g/mol. The first-order valence-corrected chi connectivity index (χ1v) is 11.3. The van der Waals surface area contributed by atoms with Crippen LogP contribution in [0.25, 0.3) is 0 Å². The zero-order valence-corrected chi connectivity index (χ0v) is 19.6. The molecule has 0 N–H and O–H groups in total. The number of benzene rings is 3. The van der Waals surface area contributed by atoms with Crippen molar-refractivity contribution in [2.75, 3.05) is 12.0 Å². The number of carbonyl (C=O) groups is 4. The summed E-state index contributed by atoms with van der Waals surface area (Å²) in [5.74, 6) is -1.60. The zero-order valence-electron chi connectivity index (χ0n) is 19.6. The first-order valence-electron chi connectivity index (χ1n) is 11.3. The Labute approximate surface area is 203 Å². The fraction of sp³-hybridized carbons (Fsp3) is 0.214. The van der Waals surface area contributed by atoms with E-state index in [0.29, 0.717) is 11.3 Å². The SMILES string of the molecule is COC(=O)c1ccc(N2C(=O)CC(N(Cc3ccc(C)cc3)C(=O)Cc3ccccc3)C2=O)cc1. The molecule has 0 saturated carbocycles. The normalized spacial score (nSPS) is 15.3. The highest BCUT2D eigenvalue weighted by Crippen LogP contribution is 2.28. The van der Waals surface area contributed by atoms with Crippen LogP contribution in [0.2, 0.25) is 0 Å². The van der Waals surface area contributed by atoms with Crippen LogP contribution in [0, 0.1) is 6.92 Å². The molecular formula is C28H26N2O5. The zero-order chi connectivity index (χ0) is 24.9. The molecule has 1 heterocycles. The first-order chi connectivity index (χ1) is 16.9. The minimum absolute atomic E-state index is 0.107. The van der Waals surface area contributed by atoms with Crippen LogP contribution in [0.15, 0.2) is 78.9 Å². The number of methoxy groups -OCH3 is 1. The lowest BCUT2D eigenvalue weighted by molar-refractivity contribution is -0.138. The molecule has 1 unspecified atom stereocenters. The second kappa shape index (κ2) is 10.3. The van der Waals surface area contributed by atoms with E-state index < -0.39 is 23.8 Å². The van der Waals surface area contributed by atoms with Crippen LogP contribution in [0.5, 0.6) is 0 Å². The predicted octanol–water partition coefficient (Wildman–Crippen LogP) is 3.69. The van der Waals surface area contributed by atoms with Gasteiger partial charge in [-0.3, -0.25) is 14.4 Å². The van der Waals surface area contributed by atoms with Crippen molar-refractivity contribution in [3.63, 3.8) is 0 Å². The van der Waals surface area contributed by atoms with E-state index in [4.69, 9.17) is 4.74 Å². The fourth-order valence-corrected chi connectivity index (χ4v) is 4.13. The van der Waals surface area contributed by atoms with E-state index >= 15 is 0 Å². The molecule has 7 heteroatoms. The molecule has 178 valence electrons. The Morgan fingerprint density at radius 3 is 2.20 bits per heavy atom. The number of amides is 3. The van der Waals surface area contributed by atoms with Crippen LogP contribution >= 0.6 is 0 Å². The summed E-state index contributed by atoms with van der Waals surface area (Å²) in [5.41, 5.74) is 3.45. The molecule has 4 rings (SSSR count). The van der Waals surface area contributed by atoms with E-state index in [1.54, 1.807) is 0 Å². The van der Waals surface area contributed by atoms with E-state index in [2.05, 4.69) is 0 Å². The highest BCUT2D eigenvalue weighted by Gasteiger charge is 2.44. The van der Waals surface area contributed by atoms with Crippen molar-refractivity contribution in [3.8, 4) is 0 Å². The second-order valence-corrected chi connectivity index (χ2v) is 8.50. The van der Waals surface area contributed by atoms with Gasteiger partial charge in [0.1, 0.15) is 6.04 Å². The minimum atomic E-state index is -0.916. The van der Waals surface area contributed by atoms with Gasteiger partial charge in [0, 0.05) is 6.54 Å². The molecule has 0 radical (unpaired) electrons. The molecule has 3 aromatic rings. The summed E-state index contributed by atoms with van der Waals surface area (Å²) in [6.45, 7) is 2.19. The van der Waals surface area contributed by atoms with Gasteiger partial charge in [0.05, 0.1) is 31.2 Å². The van der Waals surface area contributed by atoms with Crippen molar-refractivity contribution in [2.45, 2.75) is 32.4 Å². The van der Waals surface area contributed by atoms with Gasteiger partial charge in [-0.15, -0.1) is 0 Å². The molecular weight excluding hydrogens is 444 g/mol. The van der Waals surface area contributed by atoms with E-state index in [0.717, 1.165) is 21.6 Å². The Balaban J connectivity index is 1.61. The number of carbonyl (C=O) groups excluding carboxylic acids is 4. The molecule has 0 spiro atoms. The molecule has 1 fully saturated rings. The summed E-state index contributed by atoms with van der Waals surface area (Å²) in [7, 11) is 1.28. The third kappa shape index (κ3) is 5.30. The van der Waals surface area contributed by atoms with Crippen molar-refractivity contribution < 1.29 is 23.9 Å². The van der Waals surface area contributed by atoms with Crippen LogP contribution in [-0.2, 0) is 32.1 Å². The van der Waals surface area contributed by atoms with Gasteiger partial charge in [0.15, 0.2) is 0 Å². The molecule has 3 aromatic carbocycles. The Hall–Kier alpha value is -4.26. The van der Waals surface area contributed by atoms with Crippen LogP contribution < -0.4 is 4.90 Å². The molecule has 0 aliphatic carbocycles. The second-order valence-electron chi connectivity index (χ2n) is 8.50. The summed E-state index contributed by atoms with van der Waals surface area (Å²) in [6, 6.07) is 22.2. The number of hydrogen-bond acceptors (Lipinski definition) is 5. The number of esters is 1. The quantitative estimate of drug-likeness (QED) is 0.389. The molecule has 0 aromatic heterocycles. The molecule has 35 heavy (non-hydrogen) atoms. The standard InChI is InChI=1S/C28H26N2O5/c1-19-8-10-21(11-9-19)18-29(25(31)16-20-6-4-3-5-7-20)24-17-26(32)30(27(24)33)23-14-12-22(13-15-23)28(34)35-2/h3-15,24H,16-18H2,1-2H3. The Kier molecular flexibility index (Phi) is 7.06. The number of hydrogen-bond donors (Lipinski definition) is 0. The highest BCUT2D eigenvalue weighted by molar-refractivity contribution is 6.23. The lowest BCUT2D eigenvalue weighted by Gasteiger charge is -2.28. The van der Waals surface area contributed by atoms with Crippen molar-refractivity contribution >= 4 is 29.4 Å². The van der Waals surface area contributed by atoms with Gasteiger partial charge in [-0.25, -0.2) is 9.69 Å². The Bertz CT molecular complexity index is 1240. The summed E-state index contributed by atoms with van der Waals surface area (Å²) < 4.78 is 4.70. The molecule has 1 aliphatic heterocycles. The summed E-state index contributed by atoms with van der Waals surface area (Å²) in [6.07, 6.45) is 0.0163. The largest absolute Gasteiger partial charge is 0.465 e. The van der Waals surface area contributed by atoms with Crippen molar-refractivity contribution in [1.29, 1.82) is 0 Å². The Morgan fingerprint density at radius 1 is 0.914 bits per heavy atom. The van der Waals surface area contributed by atoms with Gasteiger partial charge in [0.25, 0.3) is 5.91 Å². The number of ether oxygens (including phenoxy) is 1. The number of nitrogens with zero attached hydrogens (tertiary/aromatic N) is 2.